The molecule has 0 bridgehead atoms. The predicted octanol–water partition coefficient (Wildman–Crippen LogP) is 4.19. The van der Waals surface area contributed by atoms with Crippen LogP contribution in [-0.2, 0) is 9.53 Å². The van der Waals surface area contributed by atoms with Crippen molar-refractivity contribution in [1.29, 1.82) is 0 Å². The predicted molar refractivity (Wildman–Crippen MR) is 130 cm³/mol. The van der Waals surface area contributed by atoms with Crippen LogP contribution in [0.3, 0.4) is 0 Å². The molecule has 0 radical (unpaired) electrons. The number of ether oxygens (including phenoxy) is 3. The molecule has 176 valence electrons. The minimum absolute atomic E-state index is 0.230. The maximum atomic E-state index is 13.2. The van der Waals surface area contributed by atoms with Crippen molar-refractivity contribution >= 4 is 34.6 Å². The molecular weight excluding hydrogens is 454 g/mol. The lowest BCUT2D eigenvalue weighted by Crippen LogP contribution is -2.31. The van der Waals surface area contributed by atoms with E-state index in [0.29, 0.717) is 23.6 Å². The average molecular weight is 480 g/mol. The molecule has 1 atom stereocenters. The fourth-order valence-corrected chi connectivity index (χ4v) is 4.50. The van der Waals surface area contributed by atoms with Gasteiger partial charge in [-0.25, -0.2) is 9.80 Å². The van der Waals surface area contributed by atoms with Crippen LogP contribution in [0.25, 0.3) is 0 Å². The largest absolute Gasteiger partial charge is 0.493 e. The number of nitrogen functional groups attached to an aromatic ring is 1. The van der Waals surface area contributed by atoms with Gasteiger partial charge in [0.2, 0.25) is 0 Å². The second kappa shape index (κ2) is 9.96. The number of carbonyl (C=O) groups excluding carboxylic acids is 2. The molecule has 3 aromatic rings. The van der Waals surface area contributed by atoms with Crippen molar-refractivity contribution in [2.45, 2.75) is 19.4 Å². The molecule has 9 heteroatoms. The van der Waals surface area contributed by atoms with Crippen LogP contribution < -0.4 is 15.2 Å². The van der Waals surface area contributed by atoms with Gasteiger partial charge in [-0.05, 0) is 47.7 Å². The van der Waals surface area contributed by atoms with Gasteiger partial charge in [-0.2, -0.15) is 5.10 Å². The van der Waals surface area contributed by atoms with Crippen LogP contribution >= 0.6 is 11.3 Å². The minimum atomic E-state index is -0.654. The number of hydrogen-bond donors (Lipinski definition) is 1. The number of benzene rings is 2. The van der Waals surface area contributed by atoms with E-state index in [1.165, 1.54) is 5.01 Å². The summed E-state index contributed by atoms with van der Waals surface area (Å²) < 4.78 is 16.1. The number of hydrazone groups is 1. The number of rotatable bonds is 7. The number of aryl methyl sites for hydroxylation is 1. The van der Waals surface area contributed by atoms with E-state index in [-0.39, 0.29) is 11.6 Å². The SMILES string of the molecule is COc1ccc(C2CC(c3cccs3)=NN2C(=O)COC(=O)c2cccc(C)c2N)cc1OC. The first-order chi connectivity index (χ1) is 16.4. The van der Waals surface area contributed by atoms with Crippen LogP contribution in [0.5, 0.6) is 11.5 Å². The monoisotopic (exact) mass is 479 g/mol. The van der Waals surface area contributed by atoms with E-state index in [1.54, 1.807) is 56.7 Å². The number of para-hydroxylation sites is 1. The van der Waals surface area contributed by atoms with Gasteiger partial charge in [0, 0.05) is 12.1 Å². The molecule has 1 amide bonds. The van der Waals surface area contributed by atoms with E-state index < -0.39 is 18.5 Å². The Bertz CT molecular complexity index is 1240. The number of thiophene rings is 1. The molecular formula is C25H25N3O5S. The van der Waals surface area contributed by atoms with Gasteiger partial charge >= 0.3 is 5.97 Å². The minimum Gasteiger partial charge on any atom is -0.493 e. The van der Waals surface area contributed by atoms with E-state index >= 15 is 0 Å². The molecule has 0 aliphatic carbocycles. The van der Waals surface area contributed by atoms with Gasteiger partial charge in [0.15, 0.2) is 18.1 Å². The summed E-state index contributed by atoms with van der Waals surface area (Å²) in [5.41, 5.74) is 8.94. The van der Waals surface area contributed by atoms with Crippen molar-refractivity contribution in [2.24, 2.45) is 5.10 Å². The van der Waals surface area contributed by atoms with Crippen LogP contribution in [0.1, 0.15) is 38.8 Å². The highest BCUT2D eigenvalue weighted by Gasteiger charge is 2.34. The molecule has 1 aliphatic rings. The van der Waals surface area contributed by atoms with E-state index in [9.17, 15) is 9.59 Å². The second-order valence-electron chi connectivity index (χ2n) is 7.71. The van der Waals surface area contributed by atoms with E-state index in [1.807, 2.05) is 29.6 Å². The highest BCUT2D eigenvalue weighted by Crippen LogP contribution is 2.38. The van der Waals surface area contributed by atoms with Crippen LogP contribution in [-0.4, -0.2) is 43.4 Å². The van der Waals surface area contributed by atoms with Gasteiger partial charge in [-0.3, -0.25) is 4.79 Å². The third kappa shape index (κ3) is 4.60. The Hall–Kier alpha value is -3.85. The number of esters is 1. The van der Waals surface area contributed by atoms with Crippen molar-refractivity contribution < 1.29 is 23.8 Å². The number of methoxy groups -OCH3 is 2. The zero-order valence-electron chi connectivity index (χ0n) is 19.1. The lowest BCUT2D eigenvalue weighted by molar-refractivity contribution is -0.136. The summed E-state index contributed by atoms with van der Waals surface area (Å²) in [7, 11) is 3.12. The molecule has 1 aromatic heterocycles. The fraction of sp³-hybridized carbons (Fsp3) is 0.240. The number of anilines is 1. The zero-order chi connectivity index (χ0) is 24.2. The summed E-state index contributed by atoms with van der Waals surface area (Å²) in [6, 6.07) is 14.1. The average Bonchev–Trinajstić information content (AvgIpc) is 3.54. The summed E-state index contributed by atoms with van der Waals surface area (Å²) in [4.78, 5) is 26.7. The van der Waals surface area contributed by atoms with Crippen molar-refractivity contribution in [1.82, 2.24) is 5.01 Å². The molecule has 0 spiro atoms. The van der Waals surface area contributed by atoms with Crippen molar-refractivity contribution in [2.75, 3.05) is 26.6 Å². The molecule has 0 saturated heterocycles. The highest BCUT2D eigenvalue weighted by atomic mass is 32.1. The standard InChI is InChI=1S/C25H25N3O5S/c1-15-6-4-7-17(24(15)26)25(30)33-14-23(29)28-19(13-18(27-28)22-8-5-11-34-22)16-9-10-20(31-2)21(12-16)32-3/h4-12,19H,13-14,26H2,1-3H3. The number of carbonyl (C=O) groups is 2. The normalized spacial score (nSPS) is 15.1. The number of nitrogens with two attached hydrogens (primary N) is 1. The summed E-state index contributed by atoms with van der Waals surface area (Å²) in [5.74, 6) is 0.0503. The smallest absolute Gasteiger partial charge is 0.340 e. The molecule has 8 nitrogen and oxygen atoms in total. The second-order valence-corrected chi connectivity index (χ2v) is 8.66. The van der Waals surface area contributed by atoms with Gasteiger partial charge in [0.05, 0.1) is 36.4 Å². The van der Waals surface area contributed by atoms with Crippen LogP contribution in [0.2, 0.25) is 0 Å². The molecule has 1 unspecified atom stereocenters. The summed E-state index contributed by atoms with van der Waals surface area (Å²) in [6.07, 6.45) is 0.514. The zero-order valence-corrected chi connectivity index (χ0v) is 19.9. The van der Waals surface area contributed by atoms with Gasteiger partial charge in [0.1, 0.15) is 0 Å². The van der Waals surface area contributed by atoms with Gasteiger partial charge < -0.3 is 19.9 Å². The first kappa shape index (κ1) is 23.3. The molecule has 0 fully saturated rings. The van der Waals surface area contributed by atoms with Gasteiger partial charge in [-0.15, -0.1) is 11.3 Å². The third-order valence-corrected chi connectivity index (χ3v) is 6.55. The van der Waals surface area contributed by atoms with E-state index in [0.717, 1.165) is 21.7 Å². The molecule has 4 rings (SSSR count). The Morgan fingerprint density at radius 3 is 2.62 bits per heavy atom. The summed E-state index contributed by atoms with van der Waals surface area (Å²) >= 11 is 1.55. The molecule has 2 aromatic carbocycles. The highest BCUT2D eigenvalue weighted by molar-refractivity contribution is 7.12. The Kier molecular flexibility index (Phi) is 6.83. The van der Waals surface area contributed by atoms with Crippen LogP contribution in [0.15, 0.2) is 59.0 Å². The quantitative estimate of drug-likeness (QED) is 0.403. The molecule has 2 N–H and O–H groups in total. The number of hydrogen-bond acceptors (Lipinski definition) is 8. The van der Waals surface area contributed by atoms with Crippen LogP contribution in [0.4, 0.5) is 5.69 Å². The molecule has 0 saturated carbocycles. The molecule has 34 heavy (non-hydrogen) atoms. The first-order valence-corrected chi connectivity index (χ1v) is 11.5. The Morgan fingerprint density at radius 1 is 1.12 bits per heavy atom. The van der Waals surface area contributed by atoms with E-state index in [4.69, 9.17) is 19.9 Å². The summed E-state index contributed by atoms with van der Waals surface area (Å²) in [5, 5.41) is 7.93. The molecule has 1 aliphatic heterocycles. The van der Waals surface area contributed by atoms with Gasteiger partial charge in [0.25, 0.3) is 5.91 Å². The Morgan fingerprint density at radius 2 is 1.91 bits per heavy atom. The lowest BCUT2D eigenvalue weighted by atomic mass is 10.0. The molecule has 2 heterocycles. The maximum Gasteiger partial charge on any atom is 0.340 e. The number of amides is 1. The topological polar surface area (TPSA) is 103 Å². The maximum absolute atomic E-state index is 13.2. The van der Waals surface area contributed by atoms with Crippen molar-refractivity contribution in [3.8, 4) is 11.5 Å². The van der Waals surface area contributed by atoms with Crippen molar-refractivity contribution in [3.05, 3.63) is 75.5 Å². The third-order valence-electron chi connectivity index (χ3n) is 5.63. The number of nitrogens with zero attached hydrogens (tertiary/aromatic N) is 2. The first-order valence-electron chi connectivity index (χ1n) is 10.6. The van der Waals surface area contributed by atoms with Crippen LogP contribution in [0, 0.1) is 6.92 Å². The summed E-state index contributed by atoms with van der Waals surface area (Å²) in [6.45, 7) is 1.34. The van der Waals surface area contributed by atoms with E-state index in [2.05, 4.69) is 5.10 Å². The fourth-order valence-electron chi connectivity index (χ4n) is 3.78. The van der Waals surface area contributed by atoms with Gasteiger partial charge in [-0.1, -0.05) is 24.3 Å². The Labute approximate surface area is 201 Å². The lowest BCUT2D eigenvalue weighted by Gasteiger charge is -2.23. The Balaban J connectivity index is 1.57. The van der Waals surface area contributed by atoms with Crippen molar-refractivity contribution in [3.63, 3.8) is 0 Å².